The van der Waals surface area contributed by atoms with Crippen LogP contribution in [0.15, 0.2) is 0 Å². The molecule has 7 atom stereocenters. The van der Waals surface area contributed by atoms with E-state index in [1.54, 1.807) is 14.0 Å². The van der Waals surface area contributed by atoms with E-state index < -0.39 is 65.8 Å². The molecule has 0 aromatic heterocycles. The van der Waals surface area contributed by atoms with E-state index in [0.29, 0.717) is 32.2 Å². The predicted octanol–water partition coefficient (Wildman–Crippen LogP) is 1.71. The first-order chi connectivity index (χ1) is 20.2. The van der Waals surface area contributed by atoms with Gasteiger partial charge in [-0.25, -0.2) is 0 Å². The summed E-state index contributed by atoms with van der Waals surface area (Å²) in [6.45, 7) is 13.3. The SMILES string of the molecule is CC[C@@H](C)[C@H]1C(=O)N(C)[C@H](C)C(=O)NCCC(=O)O[C@H](CC(C)C)C(=O)N2CCC[C@H]2C(=O)N[C@@H]([C@@H](C)CC)C(=O)N1C. The molecular weight excluding hydrogens is 554 g/mol. The average Bonchev–Trinajstić information content (AvgIpc) is 3.46. The minimum Gasteiger partial charge on any atom is -0.452 e. The van der Waals surface area contributed by atoms with Crippen LogP contribution >= 0.6 is 0 Å². The van der Waals surface area contributed by atoms with Crippen LogP contribution in [0.25, 0.3) is 0 Å². The number of esters is 1. The fourth-order valence-electron chi connectivity index (χ4n) is 5.65. The molecule has 0 aliphatic carbocycles. The highest BCUT2D eigenvalue weighted by Gasteiger charge is 2.43. The van der Waals surface area contributed by atoms with Gasteiger partial charge in [0.25, 0.3) is 5.91 Å². The van der Waals surface area contributed by atoms with Crippen molar-refractivity contribution < 1.29 is 33.5 Å². The third kappa shape index (κ3) is 8.92. The van der Waals surface area contributed by atoms with Crippen LogP contribution in [0.5, 0.6) is 0 Å². The molecule has 0 aromatic carbocycles. The van der Waals surface area contributed by atoms with Gasteiger partial charge in [0, 0.05) is 27.2 Å². The highest BCUT2D eigenvalue weighted by atomic mass is 16.5. The van der Waals surface area contributed by atoms with Crippen LogP contribution in [0.3, 0.4) is 0 Å². The molecule has 12 nitrogen and oxygen atoms in total. The fraction of sp³-hybridized carbons (Fsp3) is 0.806. The third-order valence-corrected chi connectivity index (χ3v) is 8.99. The van der Waals surface area contributed by atoms with Crippen molar-refractivity contribution in [2.75, 3.05) is 27.2 Å². The minimum atomic E-state index is -1.07. The number of nitrogens with one attached hydrogen (secondary N) is 2. The molecule has 12 heteroatoms. The van der Waals surface area contributed by atoms with Crippen molar-refractivity contribution in [1.29, 1.82) is 0 Å². The maximum absolute atomic E-state index is 14.0. The lowest BCUT2D eigenvalue weighted by atomic mass is 9.92. The summed E-state index contributed by atoms with van der Waals surface area (Å²) < 4.78 is 5.60. The summed E-state index contributed by atoms with van der Waals surface area (Å²) in [5.74, 6) is -3.27. The number of carbonyl (C=O) groups is 6. The van der Waals surface area contributed by atoms with Gasteiger partial charge in [0.15, 0.2) is 6.10 Å². The number of hydrogen-bond donors (Lipinski definition) is 2. The summed E-state index contributed by atoms with van der Waals surface area (Å²) in [6, 6.07) is -3.50. The maximum Gasteiger partial charge on any atom is 0.308 e. The molecule has 43 heavy (non-hydrogen) atoms. The van der Waals surface area contributed by atoms with Gasteiger partial charge in [0.2, 0.25) is 23.6 Å². The fourth-order valence-corrected chi connectivity index (χ4v) is 5.65. The zero-order valence-electron chi connectivity index (χ0n) is 27.5. The number of likely N-dealkylation sites (N-methyl/N-ethyl adjacent to an activating group) is 2. The first-order valence-electron chi connectivity index (χ1n) is 15.8. The van der Waals surface area contributed by atoms with Gasteiger partial charge in [-0.05, 0) is 43.9 Å². The molecule has 2 saturated heterocycles. The standard InChI is InChI=1S/C31H53N5O7/c1-10-19(5)25-30(41)35(9)26(20(6)11-2)31(42)34(8)21(7)27(38)32-15-14-24(37)43-23(17-18(3)4)29(40)36-16-12-13-22(36)28(39)33-25/h18-23,25-26H,10-17H2,1-9H3,(H,32,38)(H,33,39)/t19-,20+,21+,22-,23+,25-,26-/m0/s1. The second-order valence-corrected chi connectivity index (χ2v) is 12.6. The summed E-state index contributed by atoms with van der Waals surface area (Å²) in [4.78, 5) is 85.1. The molecule has 0 saturated carbocycles. The lowest BCUT2D eigenvalue weighted by Crippen LogP contribution is -2.61. The molecule has 0 radical (unpaired) electrons. The predicted molar refractivity (Wildman–Crippen MR) is 161 cm³/mol. The number of hydrogen-bond acceptors (Lipinski definition) is 7. The second kappa shape index (κ2) is 16.0. The van der Waals surface area contributed by atoms with Gasteiger partial charge >= 0.3 is 5.97 Å². The Kier molecular flexibility index (Phi) is 13.4. The van der Waals surface area contributed by atoms with E-state index in [-0.39, 0.29) is 37.1 Å². The van der Waals surface area contributed by atoms with Gasteiger partial charge in [0.05, 0.1) is 6.42 Å². The number of cyclic esters (lactones) is 1. The van der Waals surface area contributed by atoms with E-state index in [1.165, 1.54) is 21.7 Å². The van der Waals surface area contributed by atoms with Crippen LogP contribution in [0, 0.1) is 17.8 Å². The highest BCUT2D eigenvalue weighted by Crippen LogP contribution is 2.24. The molecule has 2 aliphatic heterocycles. The second-order valence-electron chi connectivity index (χ2n) is 12.6. The number of amides is 5. The lowest BCUT2D eigenvalue weighted by molar-refractivity contribution is -0.162. The topological polar surface area (TPSA) is 145 Å². The Morgan fingerprint density at radius 2 is 1.49 bits per heavy atom. The molecule has 2 rings (SSSR count). The van der Waals surface area contributed by atoms with Gasteiger partial charge < -0.3 is 30.1 Å². The first kappa shape index (κ1) is 36.0. The largest absolute Gasteiger partial charge is 0.452 e. The Labute approximate surface area is 256 Å². The van der Waals surface area contributed by atoms with E-state index in [9.17, 15) is 28.8 Å². The Morgan fingerprint density at radius 1 is 0.860 bits per heavy atom. The van der Waals surface area contributed by atoms with Crippen molar-refractivity contribution in [2.45, 2.75) is 117 Å². The highest BCUT2D eigenvalue weighted by molar-refractivity contribution is 5.96. The number of nitrogens with zero attached hydrogens (tertiary/aromatic N) is 3. The Bertz CT molecular complexity index is 1030. The third-order valence-electron chi connectivity index (χ3n) is 8.99. The van der Waals surface area contributed by atoms with Crippen LogP contribution < -0.4 is 10.6 Å². The minimum absolute atomic E-state index is 0.0354. The van der Waals surface area contributed by atoms with Crippen molar-refractivity contribution >= 4 is 35.5 Å². The van der Waals surface area contributed by atoms with Crippen molar-refractivity contribution in [1.82, 2.24) is 25.3 Å². The van der Waals surface area contributed by atoms with E-state index in [0.717, 1.165) is 0 Å². The molecule has 0 aromatic rings. The van der Waals surface area contributed by atoms with Gasteiger partial charge in [-0.15, -0.1) is 0 Å². The van der Waals surface area contributed by atoms with Crippen molar-refractivity contribution in [3.05, 3.63) is 0 Å². The molecule has 2 N–H and O–H groups in total. The summed E-state index contributed by atoms with van der Waals surface area (Å²) in [7, 11) is 3.08. The zero-order chi connectivity index (χ0) is 32.6. The number of rotatable bonds is 6. The van der Waals surface area contributed by atoms with Crippen molar-refractivity contribution in [3.8, 4) is 0 Å². The molecule has 0 unspecified atom stereocenters. The molecule has 2 aliphatic rings. The monoisotopic (exact) mass is 607 g/mol. The van der Waals surface area contributed by atoms with Gasteiger partial charge in [-0.1, -0.05) is 54.4 Å². The summed E-state index contributed by atoms with van der Waals surface area (Å²) >= 11 is 0. The van der Waals surface area contributed by atoms with Crippen molar-refractivity contribution in [3.63, 3.8) is 0 Å². The smallest absolute Gasteiger partial charge is 0.308 e. The lowest BCUT2D eigenvalue weighted by Gasteiger charge is -2.38. The molecule has 0 spiro atoms. The van der Waals surface area contributed by atoms with Crippen LogP contribution in [0.1, 0.15) is 87.0 Å². The van der Waals surface area contributed by atoms with E-state index in [2.05, 4.69) is 10.6 Å². The van der Waals surface area contributed by atoms with Crippen LogP contribution in [-0.2, 0) is 33.5 Å². The number of fused-ring (bicyclic) bond motifs is 1. The van der Waals surface area contributed by atoms with E-state index >= 15 is 0 Å². The average molecular weight is 608 g/mol. The summed E-state index contributed by atoms with van der Waals surface area (Å²) in [5.41, 5.74) is 0. The van der Waals surface area contributed by atoms with E-state index in [4.69, 9.17) is 4.74 Å². The first-order valence-corrected chi connectivity index (χ1v) is 15.8. The summed E-state index contributed by atoms with van der Waals surface area (Å²) in [5, 5.41) is 5.60. The molecular formula is C31H53N5O7. The van der Waals surface area contributed by atoms with Crippen LogP contribution in [0.2, 0.25) is 0 Å². The molecule has 2 fully saturated rings. The van der Waals surface area contributed by atoms with Gasteiger partial charge in [0.1, 0.15) is 24.2 Å². The van der Waals surface area contributed by atoms with Crippen molar-refractivity contribution in [2.24, 2.45) is 17.8 Å². The van der Waals surface area contributed by atoms with E-state index in [1.807, 2.05) is 41.5 Å². The molecule has 2 heterocycles. The summed E-state index contributed by atoms with van der Waals surface area (Å²) in [6.07, 6.45) is 1.24. The number of ether oxygens (including phenoxy) is 1. The van der Waals surface area contributed by atoms with Gasteiger partial charge in [-0.2, -0.15) is 0 Å². The quantitative estimate of drug-likeness (QED) is 0.437. The Balaban J connectivity index is 2.56. The molecule has 244 valence electrons. The van der Waals surface area contributed by atoms with Crippen LogP contribution in [-0.4, -0.2) is 108 Å². The maximum atomic E-state index is 14.0. The van der Waals surface area contributed by atoms with Crippen LogP contribution in [0.4, 0.5) is 0 Å². The zero-order valence-corrected chi connectivity index (χ0v) is 27.5. The Morgan fingerprint density at radius 3 is 2.07 bits per heavy atom. The number of carbonyl (C=O) groups excluding carboxylic acids is 6. The molecule has 0 bridgehead atoms. The molecule has 5 amide bonds. The normalized spacial score (nSPS) is 28.9. The Hall–Kier alpha value is -3.18. The van der Waals surface area contributed by atoms with Gasteiger partial charge in [-0.3, -0.25) is 28.8 Å².